The van der Waals surface area contributed by atoms with E-state index in [1.807, 2.05) is 71.1 Å². The molecule has 0 aliphatic rings. The summed E-state index contributed by atoms with van der Waals surface area (Å²) in [4.78, 5) is 24.7. The van der Waals surface area contributed by atoms with Crippen LogP contribution in [0, 0.1) is 0 Å². The molecule has 158 valence electrons. The van der Waals surface area contributed by atoms with Crippen molar-refractivity contribution >= 4 is 12.0 Å². The lowest BCUT2D eigenvalue weighted by Crippen LogP contribution is -2.55. The fourth-order valence-electron chi connectivity index (χ4n) is 2.99. The molecule has 0 saturated carbocycles. The van der Waals surface area contributed by atoms with Crippen molar-refractivity contribution in [3.63, 3.8) is 0 Å². The molecule has 29 heavy (non-hydrogen) atoms. The van der Waals surface area contributed by atoms with Gasteiger partial charge in [-0.1, -0.05) is 26.0 Å². The van der Waals surface area contributed by atoms with Gasteiger partial charge in [-0.15, -0.1) is 0 Å². The Morgan fingerprint density at radius 1 is 1.10 bits per heavy atom. The Hall–Kier alpha value is -2.83. The molecule has 1 aromatic carbocycles. The first-order chi connectivity index (χ1) is 13.7. The molecule has 2 aromatic rings. The van der Waals surface area contributed by atoms with E-state index in [0.29, 0.717) is 19.4 Å². The van der Waals surface area contributed by atoms with Crippen LogP contribution >= 0.6 is 0 Å². The van der Waals surface area contributed by atoms with E-state index in [1.54, 1.807) is 10.9 Å². The highest BCUT2D eigenvalue weighted by Gasteiger charge is 2.29. The number of rotatable bonds is 8. The molecule has 0 spiro atoms. The van der Waals surface area contributed by atoms with Crippen molar-refractivity contribution in [1.29, 1.82) is 0 Å². The van der Waals surface area contributed by atoms with Gasteiger partial charge in [0.15, 0.2) is 0 Å². The van der Waals surface area contributed by atoms with E-state index in [-0.39, 0.29) is 12.3 Å². The molecule has 0 bridgehead atoms. The molecule has 7 nitrogen and oxygen atoms in total. The zero-order chi connectivity index (χ0) is 21.5. The number of nitrogens with one attached hydrogen (secondary N) is 2. The second-order valence-electron chi connectivity index (χ2n) is 8.18. The summed E-state index contributed by atoms with van der Waals surface area (Å²) in [5.74, 6) is -0.0773. The number of nitrogens with zero attached hydrogens (tertiary/aromatic N) is 2. The van der Waals surface area contributed by atoms with Crippen LogP contribution in [0.4, 0.5) is 4.79 Å². The maximum Gasteiger partial charge on any atom is 0.407 e. The van der Waals surface area contributed by atoms with Gasteiger partial charge in [-0.2, -0.15) is 5.10 Å². The average Bonchev–Trinajstić information content (AvgIpc) is 3.19. The van der Waals surface area contributed by atoms with E-state index in [9.17, 15) is 9.59 Å². The lowest BCUT2D eigenvalue weighted by atomic mass is 9.92. The molecule has 0 atom stereocenters. The van der Waals surface area contributed by atoms with Crippen LogP contribution in [0.2, 0.25) is 0 Å². The van der Waals surface area contributed by atoms with Crippen molar-refractivity contribution in [1.82, 2.24) is 20.4 Å². The Balaban J connectivity index is 1.95. The summed E-state index contributed by atoms with van der Waals surface area (Å²) >= 11 is 0. The summed E-state index contributed by atoms with van der Waals surface area (Å²) in [6.45, 7) is 9.77. The van der Waals surface area contributed by atoms with Crippen LogP contribution in [0.1, 0.15) is 53.0 Å². The maximum atomic E-state index is 12.7. The van der Waals surface area contributed by atoms with Gasteiger partial charge in [-0.3, -0.25) is 4.79 Å². The quantitative estimate of drug-likeness (QED) is 0.709. The molecular weight excluding hydrogens is 368 g/mol. The molecule has 0 saturated heterocycles. The monoisotopic (exact) mass is 400 g/mol. The van der Waals surface area contributed by atoms with Crippen molar-refractivity contribution < 1.29 is 14.3 Å². The van der Waals surface area contributed by atoms with E-state index in [0.717, 1.165) is 11.3 Å². The molecule has 0 unspecified atom stereocenters. The highest BCUT2D eigenvalue weighted by Crippen LogP contribution is 2.16. The first-order valence-corrected chi connectivity index (χ1v) is 10.0. The maximum absolute atomic E-state index is 12.7. The van der Waals surface area contributed by atoms with Crippen LogP contribution < -0.4 is 10.6 Å². The molecule has 0 fully saturated rings. The van der Waals surface area contributed by atoms with Gasteiger partial charge in [-0.25, -0.2) is 9.48 Å². The zero-order valence-corrected chi connectivity index (χ0v) is 18.0. The standard InChI is InChI=1S/C22H32N4O3/c1-6-22(7-2,16-23-20(28)29-21(3,4)5)25-19(27)15-17-9-11-18(12-10-17)26-14-8-13-24-26/h8-14H,6-7,15-16H2,1-5H3,(H,23,28)(H,25,27). The van der Waals surface area contributed by atoms with E-state index < -0.39 is 17.2 Å². The first kappa shape index (κ1) is 22.5. The SMILES string of the molecule is CCC(CC)(CNC(=O)OC(C)(C)C)NC(=O)Cc1ccc(-n2cccn2)cc1. The summed E-state index contributed by atoms with van der Waals surface area (Å²) in [6, 6.07) is 9.59. The van der Waals surface area contributed by atoms with Crippen molar-refractivity contribution in [2.45, 2.75) is 65.0 Å². The van der Waals surface area contributed by atoms with Gasteiger partial charge < -0.3 is 15.4 Å². The van der Waals surface area contributed by atoms with Gasteiger partial charge in [-0.05, 0) is 57.4 Å². The van der Waals surface area contributed by atoms with E-state index in [1.165, 1.54) is 0 Å². The smallest absolute Gasteiger partial charge is 0.407 e. The lowest BCUT2D eigenvalue weighted by molar-refractivity contribution is -0.122. The normalized spacial score (nSPS) is 11.8. The van der Waals surface area contributed by atoms with Gasteiger partial charge in [0.25, 0.3) is 0 Å². The van der Waals surface area contributed by atoms with E-state index >= 15 is 0 Å². The third-order valence-corrected chi connectivity index (χ3v) is 4.80. The number of carbonyl (C=O) groups excluding carboxylic acids is 2. The lowest BCUT2D eigenvalue weighted by Gasteiger charge is -2.33. The summed E-state index contributed by atoms with van der Waals surface area (Å²) in [7, 11) is 0. The van der Waals surface area contributed by atoms with Crippen LogP contribution in [-0.2, 0) is 16.0 Å². The van der Waals surface area contributed by atoms with Crippen LogP contribution in [0.3, 0.4) is 0 Å². The first-order valence-electron chi connectivity index (χ1n) is 10.0. The number of hydrogen-bond donors (Lipinski definition) is 2. The number of ether oxygens (including phenoxy) is 1. The molecule has 0 radical (unpaired) electrons. The summed E-state index contributed by atoms with van der Waals surface area (Å²) < 4.78 is 7.06. The van der Waals surface area contributed by atoms with E-state index in [4.69, 9.17) is 4.74 Å². The minimum absolute atomic E-state index is 0.0773. The Morgan fingerprint density at radius 2 is 1.76 bits per heavy atom. The predicted molar refractivity (Wildman–Crippen MR) is 113 cm³/mol. The number of alkyl carbamates (subject to hydrolysis) is 1. The fourth-order valence-corrected chi connectivity index (χ4v) is 2.99. The number of benzene rings is 1. The third kappa shape index (κ3) is 6.93. The Morgan fingerprint density at radius 3 is 2.28 bits per heavy atom. The third-order valence-electron chi connectivity index (χ3n) is 4.80. The van der Waals surface area contributed by atoms with Gasteiger partial charge in [0.05, 0.1) is 17.6 Å². The molecule has 1 heterocycles. The topological polar surface area (TPSA) is 85.3 Å². The molecule has 0 aliphatic heterocycles. The molecule has 2 rings (SSSR count). The highest BCUT2D eigenvalue weighted by atomic mass is 16.6. The zero-order valence-electron chi connectivity index (χ0n) is 18.0. The van der Waals surface area contributed by atoms with Gasteiger partial charge in [0.2, 0.25) is 5.91 Å². The number of amides is 2. The minimum atomic E-state index is -0.559. The van der Waals surface area contributed by atoms with Crippen LogP contribution in [-0.4, -0.2) is 39.5 Å². The fraction of sp³-hybridized carbons (Fsp3) is 0.500. The Labute approximate surface area is 172 Å². The molecule has 2 N–H and O–H groups in total. The molecule has 7 heteroatoms. The summed E-state index contributed by atoms with van der Waals surface area (Å²) in [5.41, 5.74) is 0.788. The number of hydrogen-bond acceptors (Lipinski definition) is 4. The van der Waals surface area contributed by atoms with Crippen molar-refractivity contribution in [2.75, 3.05) is 6.54 Å². The second kappa shape index (κ2) is 9.58. The Bertz CT molecular complexity index is 788. The average molecular weight is 401 g/mol. The summed E-state index contributed by atoms with van der Waals surface area (Å²) in [5, 5.41) is 10.1. The largest absolute Gasteiger partial charge is 0.444 e. The van der Waals surface area contributed by atoms with Crippen LogP contribution in [0.5, 0.6) is 0 Å². The summed E-state index contributed by atoms with van der Waals surface area (Å²) in [6.07, 6.45) is 4.78. The van der Waals surface area contributed by atoms with Gasteiger partial charge in [0, 0.05) is 18.9 Å². The number of carbonyl (C=O) groups is 2. The number of aromatic nitrogens is 2. The molecular formula is C22H32N4O3. The molecule has 1 aromatic heterocycles. The van der Waals surface area contributed by atoms with Crippen molar-refractivity contribution in [3.05, 3.63) is 48.3 Å². The van der Waals surface area contributed by atoms with Crippen molar-refractivity contribution in [2.24, 2.45) is 0 Å². The molecule has 2 amide bonds. The highest BCUT2D eigenvalue weighted by molar-refractivity contribution is 5.79. The minimum Gasteiger partial charge on any atom is -0.444 e. The van der Waals surface area contributed by atoms with Crippen molar-refractivity contribution in [3.8, 4) is 5.69 Å². The molecule has 0 aliphatic carbocycles. The second-order valence-corrected chi connectivity index (χ2v) is 8.18. The Kier molecular flexibility index (Phi) is 7.42. The van der Waals surface area contributed by atoms with Crippen LogP contribution in [0.15, 0.2) is 42.7 Å². The van der Waals surface area contributed by atoms with Gasteiger partial charge in [0.1, 0.15) is 5.60 Å². The van der Waals surface area contributed by atoms with Crippen LogP contribution in [0.25, 0.3) is 5.69 Å². The van der Waals surface area contributed by atoms with E-state index in [2.05, 4.69) is 15.7 Å². The van der Waals surface area contributed by atoms with Gasteiger partial charge >= 0.3 is 6.09 Å². The predicted octanol–water partition coefficient (Wildman–Crippen LogP) is 3.61.